The van der Waals surface area contributed by atoms with Crippen LogP contribution < -0.4 is 9.64 Å². The SMILES string of the molecule is Cc1ccc(Cl)cc1N1CCN(C[C@H](O)COc2ccccc2C(C)(C)C)CC1. The third kappa shape index (κ3) is 5.88. The number of rotatable bonds is 6. The van der Waals surface area contributed by atoms with Crippen LogP contribution in [0.5, 0.6) is 5.75 Å². The Bertz CT molecular complexity index is 811. The van der Waals surface area contributed by atoms with Gasteiger partial charge in [0.15, 0.2) is 0 Å². The number of nitrogens with zero attached hydrogens (tertiary/aromatic N) is 2. The van der Waals surface area contributed by atoms with Crippen LogP contribution in [0.25, 0.3) is 0 Å². The summed E-state index contributed by atoms with van der Waals surface area (Å²) in [6.45, 7) is 13.3. The van der Waals surface area contributed by atoms with Gasteiger partial charge in [-0.3, -0.25) is 4.90 Å². The van der Waals surface area contributed by atoms with Crippen LogP contribution in [0.2, 0.25) is 5.02 Å². The first-order chi connectivity index (χ1) is 13.7. The highest BCUT2D eigenvalue weighted by atomic mass is 35.5. The van der Waals surface area contributed by atoms with Crippen molar-refractivity contribution in [3.63, 3.8) is 0 Å². The van der Waals surface area contributed by atoms with Crippen LogP contribution in [0.4, 0.5) is 5.69 Å². The van der Waals surface area contributed by atoms with Crippen LogP contribution in [-0.4, -0.2) is 55.4 Å². The van der Waals surface area contributed by atoms with Crippen molar-refractivity contribution in [2.45, 2.75) is 39.2 Å². The van der Waals surface area contributed by atoms with E-state index in [1.165, 1.54) is 11.3 Å². The second-order valence-electron chi connectivity index (χ2n) is 8.93. The van der Waals surface area contributed by atoms with Crippen LogP contribution in [-0.2, 0) is 5.41 Å². The molecule has 3 rings (SSSR count). The van der Waals surface area contributed by atoms with Crippen molar-refractivity contribution in [2.24, 2.45) is 0 Å². The van der Waals surface area contributed by atoms with Gasteiger partial charge in [-0.05, 0) is 41.7 Å². The fraction of sp³-hybridized carbons (Fsp3) is 0.500. The lowest BCUT2D eigenvalue weighted by molar-refractivity contribution is 0.0656. The van der Waals surface area contributed by atoms with Crippen molar-refractivity contribution >= 4 is 17.3 Å². The van der Waals surface area contributed by atoms with Crippen LogP contribution in [0.3, 0.4) is 0 Å². The maximum Gasteiger partial charge on any atom is 0.123 e. The lowest BCUT2D eigenvalue weighted by Crippen LogP contribution is -2.49. The Kier molecular flexibility index (Phi) is 7.10. The number of anilines is 1. The number of hydrogen-bond donors (Lipinski definition) is 1. The Morgan fingerprint density at radius 1 is 1.07 bits per heavy atom. The van der Waals surface area contributed by atoms with E-state index in [0.29, 0.717) is 13.2 Å². The minimum atomic E-state index is -0.512. The molecule has 1 N–H and O–H groups in total. The van der Waals surface area contributed by atoms with Gasteiger partial charge in [-0.15, -0.1) is 0 Å². The Morgan fingerprint density at radius 2 is 1.76 bits per heavy atom. The molecule has 1 saturated heterocycles. The third-order valence-electron chi connectivity index (χ3n) is 5.48. The summed E-state index contributed by atoms with van der Waals surface area (Å²) in [5.41, 5.74) is 3.63. The van der Waals surface area contributed by atoms with Crippen LogP contribution in [0, 0.1) is 6.92 Å². The molecule has 1 fully saturated rings. The van der Waals surface area contributed by atoms with Gasteiger partial charge in [-0.25, -0.2) is 0 Å². The minimum absolute atomic E-state index is 0.0103. The van der Waals surface area contributed by atoms with Gasteiger partial charge >= 0.3 is 0 Å². The highest BCUT2D eigenvalue weighted by Crippen LogP contribution is 2.31. The fourth-order valence-corrected chi connectivity index (χ4v) is 4.01. The van der Waals surface area contributed by atoms with Crippen LogP contribution in [0.1, 0.15) is 31.9 Å². The molecule has 4 nitrogen and oxygen atoms in total. The summed E-state index contributed by atoms with van der Waals surface area (Å²) in [6, 6.07) is 14.1. The molecule has 1 heterocycles. The molecule has 1 aliphatic heterocycles. The van der Waals surface area contributed by atoms with Gasteiger partial charge in [-0.1, -0.05) is 56.6 Å². The van der Waals surface area contributed by atoms with E-state index in [1.54, 1.807) is 0 Å². The minimum Gasteiger partial charge on any atom is -0.491 e. The summed E-state index contributed by atoms with van der Waals surface area (Å²) in [6.07, 6.45) is -0.512. The molecule has 1 atom stereocenters. The van der Waals surface area contributed by atoms with E-state index in [2.05, 4.69) is 49.6 Å². The van der Waals surface area contributed by atoms with E-state index in [1.807, 2.05) is 30.3 Å². The molecule has 0 unspecified atom stereocenters. The maximum absolute atomic E-state index is 10.5. The first-order valence-electron chi connectivity index (χ1n) is 10.4. The van der Waals surface area contributed by atoms with Gasteiger partial charge in [0.1, 0.15) is 18.5 Å². The maximum atomic E-state index is 10.5. The highest BCUT2D eigenvalue weighted by Gasteiger charge is 2.22. The molecule has 158 valence electrons. The summed E-state index contributed by atoms with van der Waals surface area (Å²) < 4.78 is 5.98. The topological polar surface area (TPSA) is 35.9 Å². The molecule has 2 aromatic rings. The summed E-state index contributed by atoms with van der Waals surface area (Å²) in [5, 5.41) is 11.3. The molecule has 0 amide bonds. The summed E-state index contributed by atoms with van der Waals surface area (Å²) in [5.74, 6) is 0.861. The second-order valence-corrected chi connectivity index (χ2v) is 9.37. The number of para-hydroxylation sites is 1. The molecule has 0 radical (unpaired) electrons. The molecular weight excluding hydrogens is 384 g/mol. The number of hydrogen-bond acceptors (Lipinski definition) is 4. The van der Waals surface area contributed by atoms with Gasteiger partial charge < -0.3 is 14.7 Å². The molecule has 0 bridgehead atoms. The number of ether oxygens (including phenoxy) is 1. The van der Waals surface area contributed by atoms with Crippen molar-refractivity contribution < 1.29 is 9.84 Å². The molecule has 1 aliphatic rings. The van der Waals surface area contributed by atoms with E-state index in [-0.39, 0.29) is 5.41 Å². The number of benzene rings is 2. The first kappa shape index (κ1) is 21.9. The van der Waals surface area contributed by atoms with E-state index in [4.69, 9.17) is 16.3 Å². The van der Waals surface area contributed by atoms with E-state index in [9.17, 15) is 5.11 Å². The van der Waals surface area contributed by atoms with Crippen molar-refractivity contribution in [1.29, 1.82) is 0 Å². The van der Waals surface area contributed by atoms with Crippen molar-refractivity contribution in [3.05, 3.63) is 58.6 Å². The van der Waals surface area contributed by atoms with Gasteiger partial charge in [-0.2, -0.15) is 0 Å². The van der Waals surface area contributed by atoms with E-state index >= 15 is 0 Å². The summed E-state index contributed by atoms with van der Waals surface area (Å²) in [4.78, 5) is 4.68. The fourth-order valence-electron chi connectivity index (χ4n) is 3.84. The number of piperazine rings is 1. The number of aliphatic hydroxyl groups excluding tert-OH is 1. The largest absolute Gasteiger partial charge is 0.491 e. The quantitative estimate of drug-likeness (QED) is 0.751. The van der Waals surface area contributed by atoms with Crippen LogP contribution >= 0.6 is 11.6 Å². The van der Waals surface area contributed by atoms with E-state index in [0.717, 1.165) is 42.5 Å². The van der Waals surface area contributed by atoms with Crippen molar-refractivity contribution in [2.75, 3.05) is 44.2 Å². The number of aliphatic hydroxyl groups is 1. The lowest BCUT2D eigenvalue weighted by atomic mass is 9.86. The molecule has 29 heavy (non-hydrogen) atoms. The zero-order valence-electron chi connectivity index (χ0n) is 18.0. The molecule has 5 heteroatoms. The zero-order valence-corrected chi connectivity index (χ0v) is 18.7. The smallest absolute Gasteiger partial charge is 0.123 e. The molecular formula is C24H33ClN2O2. The van der Waals surface area contributed by atoms with E-state index < -0.39 is 6.10 Å². The standard InChI is InChI=1S/C24H33ClN2O2/c1-18-9-10-19(25)15-22(18)27-13-11-26(12-14-27)16-20(28)17-29-23-8-6-5-7-21(23)24(2,3)4/h5-10,15,20,28H,11-14,16-17H2,1-4H3/t20-/m0/s1. The van der Waals surface area contributed by atoms with Gasteiger partial charge in [0, 0.05) is 43.4 Å². The summed E-state index contributed by atoms with van der Waals surface area (Å²) >= 11 is 6.17. The lowest BCUT2D eigenvalue weighted by Gasteiger charge is -2.37. The number of halogens is 1. The van der Waals surface area contributed by atoms with Gasteiger partial charge in [0.05, 0.1) is 0 Å². The van der Waals surface area contributed by atoms with Gasteiger partial charge in [0.25, 0.3) is 0 Å². The Balaban J connectivity index is 1.49. The third-order valence-corrected chi connectivity index (χ3v) is 5.71. The monoisotopic (exact) mass is 416 g/mol. The normalized spacial score (nSPS) is 16.7. The van der Waals surface area contributed by atoms with Crippen molar-refractivity contribution in [1.82, 2.24) is 4.90 Å². The molecule has 2 aromatic carbocycles. The van der Waals surface area contributed by atoms with Gasteiger partial charge in [0.2, 0.25) is 0 Å². The zero-order chi connectivity index (χ0) is 21.0. The molecule has 0 saturated carbocycles. The van der Waals surface area contributed by atoms with Crippen LogP contribution in [0.15, 0.2) is 42.5 Å². The number of aryl methyl sites for hydroxylation is 1. The predicted molar refractivity (Wildman–Crippen MR) is 121 cm³/mol. The molecule has 0 spiro atoms. The Hall–Kier alpha value is -1.75. The average Bonchev–Trinajstić information content (AvgIpc) is 2.68. The molecule has 0 aromatic heterocycles. The number of β-amino-alcohol motifs (C(OH)–C–C–N with tert-alkyl or cyclic N) is 1. The Labute approximate surface area is 180 Å². The first-order valence-corrected chi connectivity index (χ1v) is 10.8. The summed E-state index contributed by atoms with van der Waals surface area (Å²) in [7, 11) is 0. The predicted octanol–water partition coefficient (Wildman–Crippen LogP) is 4.51. The highest BCUT2D eigenvalue weighted by molar-refractivity contribution is 6.30. The second kappa shape index (κ2) is 9.38. The van der Waals surface area contributed by atoms with Crippen molar-refractivity contribution in [3.8, 4) is 5.75 Å². The average molecular weight is 417 g/mol. The molecule has 0 aliphatic carbocycles. The Morgan fingerprint density at radius 3 is 2.45 bits per heavy atom.